The molecule has 3 aromatic rings. The van der Waals surface area contributed by atoms with Crippen LogP contribution in [0, 0.1) is 0 Å². The van der Waals surface area contributed by atoms with Gasteiger partial charge in [-0.05, 0) is 46.3 Å². The Hall–Kier alpha value is -2.68. The minimum absolute atomic E-state index is 0.150. The molecule has 0 radical (unpaired) electrons. The van der Waals surface area contributed by atoms with Gasteiger partial charge in [-0.15, -0.1) is 0 Å². The van der Waals surface area contributed by atoms with Gasteiger partial charge in [0, 0.05) is 49.9 Å². The van der Waals surface area contributed by atoms with Crippen molar-refractivity contribution >= 4 is 38.8 Å². The molecule has 4 heterocycles. The Bertz CT molecular complexity index is 1150. The fraction of sp³-hybridized carbons (Fsp3) is 0.238. The number of hydrogen-bond donors (Lipinski definition) is 3. The number of carbonyl (C=O) groups is 1. The Kier molecular flexibility index (Phi) is 4.61. The summed E-state index contributed by atoms with van der Waals surface area (Å²) in [6.07, 6.45) is 3.53. The van der Waals surface area contributed by atoms with Crippen LogP contribution in [0.5, 0.6) is 11.5 Å². The summed E-state index contributed by atoms with van der Waals surface area (Å²) in [6, 6.07) is 6.99. The maximum absolute atomic E-state index is 12.9. The number of allylic oxidation sites excluding steroid dienone is 1. The van der Waals surface area contributed by atoms with Gasteiger partial charge >= 0.3 is 0 Å². The number of phenols is 1. The quantitative estimate of drug-likeness (QED) is 0.416. The van der Waals surface area contributed by atoms with Crippen molar-refractivity contribution in [2.45, 2.75) is 6.54 Å². The van der Waals surface area contributed by atoms with E-state index in [-0.39, 0.29) is 17.3 Å². The number of piperazine rings is 1. The van der Waals surface area contributed by atoms with Crippen LogP contribution in [0.1, 0.15) is 21.5 Å². The third kappa shape index (κ3) is 3.33. The van der Waals surface area contributed by atoms with E-state index >= 15 is 0 Å². The van der Waals surface area contributed by atoms with Gasteiger partial charge in [-0.25, -0.2) is 4.98 Å². The highest BCUT2D eigenvalue weighted by molar-refractivity contribution is 9.10. The monoisotopic (exact) mass is 454 g/mol. The van der Waals surface area contributed by atoms with Gasteiger partial charge in [0.1, 0.15) is 21.7 Å². The van der Waals surface area contributed by atoms with E-state index in [0.717, 1.165) is 47.4 Å². The first kappa shape index (κ1) is 18.4. The van der Waals surface area contributed by atoms with Crippen molar-refractivity contribution < 1.29 is 14.6 Å². The third-order valence-corrected chi connectivity index (χ3v) is 5.77. The lowest BCUT2D eigenvalue weighted by Gasteiger charge is -2.27. The largest absolute Gasteiger partial charge is 0.507 e. The Morgan fingerprint density at radius 2 is 2.07 bits per heavy atom. The normalized spacial score (nSPS) is 18.4. The molecule has 0 atom stereocenters. The summed E-state index contributed by atoms with van der Waals surface area (Å²) in [5, 5.41) is 14.6. The lowest BCUT2D eigenvalue weighted by atomic mass is 10.0. The van der Waals surface area contributed by atoms with Crippen molar-refractivity contribution in [1.29, 1.82) is 0 Å². The van der Waals surface area contributed by atoms with Crippen molar-refractivity contribution in [3.63, 3.8) is 0 Å². The zero-order valence-electron chi connectivity index (χ0n) is 15.5. The molecule has 0 saturated carbocycles. The molecule has 2 aliphatic rings. The second-order valence-electron chi connectivity index (χ2n) is 7.18. The molecule has 7 nitrogen and oxygen atoms in total. The lowest BCUT2D eigenvalue weighted by Crippen LogP contribution is -2.42. The van der Waals surface area contributed by atoms with Crippen molar-refractivity contribution in [3.8, 4) is 11.5 Å². The highest BCUT2D eigenvalue weighted by Crippen LogP contribution is 2.40. The summed E-state index contributed by atoms with van der Waals surface area (Å²) >= 11 is 3.36. The molecule has 8 heteroatoms. The molecule has 0 spiro atoms. The Morgan fingerprint density at radius 3 is 2.90 bits per heavy atom. The topological polar surface area (TPSA) is 90.5 Å². The van der Waals surface area contributed by atoms with Crippen molar-refractivity contribution in [1.82, 2.24) is 20.2 Å². The van der Waals surface area contributed by atoms with Crippen LogP contribution >= 0.6 is 15.9 Å². The van der Waals surface area contributed by atoms with Crippen molar-refractivity contribution in [2.75, 3.05) is 26.2 Å². The SMILES string of the molecule is O=C1/C(=C/c2c[nH]c3nc(Br)ccc23)Oc2c1ccc(O)c2CN1CCNCC1. The van der Waals surface area contributed by atoms with E-state index in [4.69, 9.17) is 4.74 Å². The number of aromatic nitrogens is 2. The molecule has 0 aliphatic carbocycles. The van der Waals surface area contributed by atoms with Crippen molar-refractivity contribution in [3.05, 3.63) is 57.5 Å². The number of aromatic hydroxyl groups is 1. The van der Waals surface area contributed by atoms with Gasteiger partial charge < -0.3 is 20.1 Å². The number of aromatic amines is 1. The van der Waals surface area contributed by atoms with Crippen LogP contribution in [0.2, 0.25) is 0 Å². The van der Waals surface area contributed by atoms with Gasteiger partial charge in [0.25, 0.3) is 0 Å². The van der Waals surface area contributed by atoms with Gasteiger partial charge in [0.05, 0.1) is 11.1 Å². The summed E-state index contributed by atoms with van der Waals surface area (Å²) < 4.78 is 6.72. The van der Waals surface area contributed by atoms with E-state index in [2.05, 4.69) is 36.1 Å². The number of rotatable bonds is 3. The van der Waals surface area contributed by atoms with Crippen LogP contribution in [0.15, 0.2) is 40.8 Å². The summed E-state index contributed by atoms with van der Waals surface area (Å²) in [6.45, 7) is 4.13. The number of benzene rings is 1. The molecule has 5 rings (SSSR count). The summed E-state index contributed by atoms with van der Waals surface area (Å²) in [4.78, 5) is 22.7. The maximum atomic E-state index is 12.9. The van der Waals surface area contributed by atoms with Crippen LogP contribution in [0.4, 0.5) is 0 Å². The van der Waals surface area contributed by atoms with Crippen LogP contribution < -0.4 is 10.1 Å². The number of Topliss-reactive ketones (excluding diaryl/α,β-unsaturated/α-hetero) is 1. The van der Waals surface area contributed by atoms with Crippen LogP contribution in [-0.4, -0.2) is 51.9 Å². The molecule has 0 unspecified atom stereocenters. The lowest BCUT2D eigenvalue weighted by molar-refractivity contribution is 0.101. The van der Waals surface area contributed by atoms with Crippen LogP contribution in [0.3, 0.4) is 0 Å². The van der Waals surface area contributed by atoms with Gasteiger partial charge in [-0.1, -0.05) is 0 Å². The molecule has 0 bridgehead atoms. The number of carbonyl (C=O) groups excluding carboxylic acids is 1. The number of halogens is 1. The number of pyridine rings is 1. The summed E-state index contributed by atoms with van der Waals surface area (Å²) in [5.74, 6) is 0.676. The van der Waals surface area contributed by atoms with Crippen molar-refractivity contribution in [2.24, 2.45) is 0 Å². The van der Waals surface area contributed by atoms with Gasteiger partial charge in [-0.2, -0.15) is 0 Å². The molecule has 29 heavy (non-hydrogen) atoms. The van der Waals surface area contributed by atoms with E-state index in [0.29, 0.717) is 23.4 Å². The zero-order valence-corrected chi connectivity index (χ0v) is 17.1. The summed E-state index contributed by atoms with van der Waals surface area (Å²) in [5.41, 5.74) is 2.70. The minimum Gasteiger partial charge on any atom is -0.507 e. The van der Waals surface area contributed by atoms with Gasteiger partial charge in [0.2, 0.25) is 5.78 Å². The van der Waals surface area contributed by atoms with Gasteiger partial charge in [0.15, 0.2) is 5.76 Å². The molecule has 3 N–H and O–H groups in total. The molecular weight excluding hydrogens is 436 g/mol. The molecule has 0 amide bonds. The number of nitrogens with one attached hydrogen (secondary N) is 2. The first-order chi connectivity index (χ1) is 14.1. The highest BCUT2D eigenvalue weighted by atomic mass is 79.9. The van der Waals surface area contributed by atoms with E-state index in [9.17, 15) is 9.90 Å². The molecule has 148 valence electrons. The standard InChI is InChI=1S/C21H19BrN4O3/c22-18-4-2-13-12(10-24-21(13)25-18)9-17-19(28)14-1-3-16(27)15(20(14)29-17)11-26-7-5-23-6-8-26/h1-4,9-10,23,27H,5-8,11H2,(H,24,25)/b17-9-. The third-order valence-electron chi connectivity index (χ3n) is 5.33. The first-order valence-corrected chi connectivity index (χ1v) is 10.3. The Morgan fingerprint density at radius 1 is 1.24 bits per heavy atom. The fourth-order valence-corrected chi connectivity index (χ4v) is 4.11. The number of ketones is 1. The molecule has 1 aromatic carbocycles. The molecule has 1 fully saturated rings. The van der Waals surface area contributed by atoms with E-state index < -0.39 is 0 Å². The number of phenolic OH excluding ortho intramolecular Hbond substituents is 1. The molecule has 2 aromatic heterocycles. The Balaban J connectivity index is 1.50. The average Bonchev–Trinajstić information content (AvgIpc) is 3.26. The highest BCUT2D eigenvalue weighted by Gasteiger charge is 2.32. The summed E-state index contributed by atoms with van der Waals surface area (Å²) in [7, 11) is 0. The van der Waals surface area contributed by atoms with E-state index in [1.807, 2.05) is 12.1 Å². The van der Waals surface area contributed by atoms with E-state index in [1.165, 1.54) is 0 Å². The second kappa shape index (κ2) is 7.29. The second-order valence-corrected chi connectivity index (χ2v) is 7.99. The number of fused-ring (bicyclic) bond motifs is 2. The van der Waals surface area contributed by atoms with Crippen LogP contribution in [-0.2, 0) is 6.54 Å². The number of H-pyrrole nitrogens is 1. The average molecular weight is 455 g/mol. The molecule has 1 saturated heterocycles. The predicted octanol–water partition coefficient (Wildman–Crippen LogP) is 3.05. The first-order valence-electron chi connectivity index (χ1n) is 9.46. The smallest absolute Gasteiger partial charge is 0.231 e. The fourth-order valence-electron chi connectivity index (χ4n) is 3.81. The number of hydrogen-bond acceptors (Lipinski definition) is 6. The predicted molar refractivity (Wildman–Crippen MR) is 113 cm³/mol. The van der Waals surface area contributed by atoms with E-state index in [1.54, 1.807) is 24.4 Å². The molecule has 2 aliphatic heterocycles. The number of nitrogens with zero attached hydrogens (tertiary/aromatic N) is 2. The number of ether oxygens (including phenoxy) is 1. The van der Waals surface area contributed by atoms with Gasteiger partial charge in [-0.3, -0.25) is 9.69 Å². The Labute approximate surface area is 175 Å². The molecular formula is C21H19BrN4O3. The van der Waals surface area contributed by atoms with Crippen LogP contribution in [0.25, 0.3) is 17.1 Å². The zero-order chi connectivity index (χ0) is 20.0. The minimum atomic E-state index is -0.180. The maximum Gasteiger partial charge on any atom is 0.231 e.